The van der Waals surface area contributed by atoms with E-state index in [0.717, 1.165) is 16.0 Å². The smallest absolute Gasteiger partial charge is 0.255 e. The quantitative estimate of drug-likeness (QED) is 0.654. The molecule has 27 heavy (non-hydrogen) atoms. The topological polar surface area (TPSA) is 75.3 Å². The second kappa shape index (κ2) is 8.04. The van der Waals surface area contributed by atoms with Crippen LogP contribution in [0.4, 0.5) is 5.69 Å². The van der Waals surface area contributed by atoms with Crippen LogP contribution in [0.1, 0.15) is 26.4 Å². The van der Waals surface area contributed by atoms with Crippen molar-refractivity contribution in [3.05, 3.63) is 81.5 Å². The standard InChI is InChI=1S/C20H20N2O3S2/c1-14-10-15(2)12-17(11-14)22-20(23)16-5-7-19(8-6-16)27(24,25)21-13-18-4-3-9-26-18/h3-12,21H,13H2,1-2H3,(H,22,23). The third kappa shape index (κ3) is 5.03. The van der Waals surface area contributed by atoms with E-state index in [-0.39, 0.29) is 17.3 Å². The van der Waals surface area contributed by atoms with Gasteiger partial charge < -0.3 is 5.32 Å². The van der Waals surface area contributed by atoms with Gasteiger partial charge in [-0.05, 0) is 72.8 Å². The maximum absolute atomic E-state index is 12.4. The van der Waals surface area contributed by atoms with E-state index in [9.17, 15) is 13.2 Å². The molecule has 140 valence electrons. The number of nitrogens with one attached hydrogen (secondary N) is 2. The Morgan fingerprint density at radius 3 is 2.26 bits per heavy atom. The molecule has 5 nitrogen and oxygen atoms in total. The molecule has 0 aliphatic carbocycles. The number of hydrogen-bond acceptors (Lipinski definition) is 4. The molecule has 1 aromatic heterocycles. The van der Waals surface area contributed by atoms with Gasteiger partial charge in [-0.25, -0.2) is 13.1 Å². The molecule has 0 spiro atoms. The first-order valence-corrected chi connectivity index (χ1v) is 10.7. The molecule has 3 aromatic rings. The SMILES string of the molecule is Cc1cc(C)cc(NC(=O)c2ccc(S(=O)(=O)NCc3cccs3)cc2)c1. The van der Waals surface area contributed by atoms with E-state index in [4.69, 9.17) is 0 Å². The van der Waals surface area contributed by atoms with Crippen LogP contribution < -0.4 is 10.0 Å². The molecule has 0 aliphatic heterocycles. The van der Waals surface area contributed by atoms with Crippen LogP contribution in [0.25, 0.3) is 0 Å². The Balaban J connectivity index is 1.69. The molecule has 0 unspecified atom stereocenters. The summed E-state index contributed by atoms with van der Waals surface area (Å²) in [5.74, 6) is -0.282. The summed E-state index contributed by atoms with van der Waals surface area (Å²) in [4.78, 5) is 13.5. The molecule has 1 amide bonds. The maximum Gasteiger partial charge on any atom is 0.255 e. The Labute approximate surface area is 163 Å². The summed E-state index contributed by atoms with van der Waals surface area (Å²) in [5.41, 5.74) is 3.23. The molecule has 2 aromatic carbocycles. The molecule has 0 aliphatic rings. The van der Waals surface area contributed by atoms with Gasteiger partial charge in [-0.3, -0.25) is 4.79 Å². The van der Waals surface area contributed by atoms with Crippen molar-refractivity contribution in [3.8, 4) is 0 Å². The largest absolute Gasteiger partial charge is 0.322 e. The Kier molecular flexibility index (Phi) is 5.74. The molecule has 0 saturated carbocycles. The van der Waals surface area contributed by atoms with Crippen LogP contribution in [0.15, 0.2) is 64.9 Å². The van der Waals surface area contributed by atoms with Crippen molar-refractivity contribution in [2.24, 2.45) is 0 Å². The van der Waals surface area contributed by atoms with Crippen LogP contribution in [-0.4, -0.2) is 14.3 Å². The van der Waals surface area contributed by atoms with E-state index in [1.54, 1.807) is 0 Å². The summed E-state index contributed by atoms with van der Waals surface area (Å²) in [6.45, 7) is 4.17. The van der Waals surface area contributed by atoms with Crippen molar-refractivity contribution in [1.29, 1.82) is 0 Å². The Hall–Kier alpha value is -2.48. The monoisotopic (exact) mass is 400 g/mol. The number of sulfonamides is 1. The van der Waals surface area contributed by atoms with Gasteiger partial charge in [-0.15, -0.1) is 11.3 Å². The lowest BCUT2D eigenvalue weighted by atomic mass is 10.1. The van der Waals surface area contributed by atoms with Crippen LogP contribution in [-0.2, 0) is 16.6 Å². The first-order valence-electron chi connectivity index (χ1n) is 8.35. The van der Waals surface area contributed by atoms with Gasteiger partial charge in [0.2, 0.25) is 10.0 Å². The van der Waals surface area contributed by atoms with Crippen molar-refractivity contribution < 1.29 is 13.2 Å². The number of thiophene rings is 1. The van der Waals surface area contributed by atoms with Crippen LogP contribution in [0, 0.1) is 13.8 Å². The zero-order valence-corrected chi connectivity index (χ0v) is 16.7. The number of rotatable bonds is 6. The summed E-state index contributed by atoms with van der Waals surface area (Å²) in [7, 11) is -3.62. The number of aryl methyl sites for hydroxylation is 2. The van der Waals surface area contributed by atoms with E-state index in [1.165, 1.54) is 35.6 Å². The van der Waals surface area contributed by atoms with Crippen molar-refractivity contribution >= 4 is 33.0 Å². The highest BCUT2D eigenvalue weighted by atomic mass is 32.2. The fourth-order valence-corrected chi connectivity index (χ4v) is 4.44. The summed E-state index contributed by atoms with van der Waals surface area (Å²) < 4.78 is 27.3. The van der Waals surface area contributed by atoms with E-state index < -0.39 is 10.0 Å². The van der Waals surface area contributed by atoms with E-state index in [0.29, 0.717) is 11.3 Å². The molecule has 1 heterocycles. The lowest BCUT2D eigenvalue weighted by Gasteiger charge is -2.09. The van der Waals surface area contributed by atoms with Crippen LogP contribution >= 0.6 is 11.3 Å². The minimum Gasteiger partial charge on any atom is -0.322 e. The molecular formula is C20H20N2O3S2. The number of hydrogen-bond donors (Lipinski definition) is 2. The third-order valence-electron chi connectivity index (χ3n) is 3.92. The molecule has 3 rings (SSSR count). The second-order valence-electron chi connectivity index (χ2n) is 6.26. The minimum atomic E-state index is -3.62. The van der Waals surface area contributed by atoms with E-state index in [2.05, 4.69) is 10.0 Å². The molecule has 7 heteroatoms. The molecule has 0 fully saturated rings. The number of carbonyl (C=O) groups is 1. The predicted molar refractivity (Wildman–Crippen MR) is 109 cm³/mol. The second-order valence-corrected chi connectivity index (χ2v) is 9.06. The predicted octanol–water partition coefficient (Wildman–Crippen LogP) is 4.10. The van der Waals surface area contributed by atoms with Gasteiger partial charge in [0.15, 0.2) is 0 Å². The lowest BCUT2D eigenvalue weighted by Crippen LogP contribution is -2.23. The summed E-state index contributed by atoms with van der Waals surface area (Å²) in [6.07, 6.45) is 0. The number of anilines is 1. The average Bonchev–Trinajstić information content (AvgIpc) is 3.13. The van der Waals surface area contributed by atoms with Crippen LogP contribution in [0.2, 0.25) is 0 Å². The van der Waals surface area contributed by atoms with Crippen LogP contribution in [0.3, 0.4) is 0 Å². The Bertz CT molecular complexity index is 1020. The van der Waals surface area contributed by atoms with Gasteiger partial charge in [-0.2, -0.15) is 0 Å². The Morgan fingerprint density at radius 1 is 1.00 bits per heavy atom. The van der Waals surface area contributed by atoms with Crippen molar-refractivity contribution in [1.82, 2.24) is 4.72 Å². The zero-order chi connectivity index (χ0) is 19.4. The van der Waals surface area contributed by atoms with E-state index in [1.807, 2.05) is 49.6 Å². The van der Waals surface area contributed by atoms with Gasteiger partial charge in [0, 0.05) is 22.7 Å². The maximum atomic E-state index is 12.4. The molecule has 0 radical (unpaired) electrons. The summed E-state index contributed by atoms with van der Waals surface area (Å²) >= 11 is 1.49. The molecule has 0 saturated heterocycles. The minimum absolute atomic E-state index is 0.127. The highest BCUT2D eigenvalue weighted by Crippen LogP contribution is 2.17. The van der Waals surface area contributed by atoms with Crippen molar-refractivity contribution in [2.75, 3.05) is 5.32 Å². The average molecular weight is 401 g/mol. The highest BCUT2D eigenvalue weighted by Gasteiger charge is 2.15. The van der Waals surface area contributed by atoms with Gasteiger partial charge in [0.1, 0.15) is 0 Å². The first kappa shape index (κ1) is 19.3. The molecule has 2 N–H and O–H groups in total. The summed E-state index contributed by atoms with van der Waals surface area (Å²) in [6, 6.07) is 15.4. The highest BCUT2D eigenvalue weighted by molar-refractivity contribution is 7.89. The number of carbonyl (C=O) groups excluding carboxylic acids is 1. The number of amides is 1. The zero-order valence-electron chi connectivity index (χ0n) is 15.0. The normalized spacial score (nSPS) is 11.3. The van der Waals surface area contributed by atoms with Gasteiger partial charge in [0.05, 0.1) is 4.90 Å². The fourth-order valence-electron chi connectivity index (χ4n) is 2.70. The third-order valence-corrected chi connectivity index (χ3v) is 6.22. The van der Waals surface area contributed by atoms with Gasteiger partial charge in [-0.1, -0.05) is 12.1 Å². The van der Waals surface area contributed by atoms with Gasteiger partial charge >= 0.3 is 0 Å². The van der Waals surface area contributed by atoms with Gasteiger partial charge in [0.25, 0.3) is 5.91 Å². The number of benzene rings is 2. The van der Waals surface area contributed by atoms with Crippen molar-refractivity contribution in [2.45, 2.75) is 25.3 Å². The van der Waals surface area contributed by atoms with Crippen LogP contribution in [0.5, 0.6) is 0 Å². The first-order chi connectivity index (χ1) is 12.8. The summed E-state index contributed by atoms with van der Waals surface area (Å²) in [5, 5.41) is 4.73. The molecular weight excluding hydrogens is 380 g/mol. The van der Waals surface area contributed by atoms with E-state index >= 15 is 0 Å². The fraction of sp³-hybridized carbons (Fsp3) is 0.150. The molecule has 0 bridgehead atoms. The van der Waals surface area contributed by atoms with Crippen molar-refractivity contribution in [3.63, 3.8) is 0 Å². The Morgan fingerprint density at radius 2 is 1.67 bits per heavy atom. The molecule has 0 atom stereocenters. The lowest BCUT2D eigenvalue weighted by molar-refractivity contribution is 0.102.